The molecule has 0 N–H and O–H groups in total. The van der Waals surface area contributed by atoms with Crippen molar-refractivity contribution in [2.75, 3.05) is 0 Å². The largest absolute Gasteiger partial charge is 0.416 e. The second kappa shape index (κ2) is 5.25. The third-order valence-electron chi connectivity index (χ3n) is 2.91. The van der Waals surface area contributed by atoms with Gasteiger partial charge in [-0.1, -0.05) is 41.9 Å². The number of rotatable bonds is 2. The van der Waals surface area contributed by atoms with Crippen LogP contribution in [-0.2, 0) is 6.18 Å². The maximum Gasteiger partial charge on any atom is 0.416 e. The van der Waals surface area contributed by atoms with E-state index >= 15 is 0 Å². The first-order valence-corrected chi connectivity index (χ1v) is 6.02. The van der Waals surface area contributed by atoms with Crippen LogP contribution in [-0.4, -0.2) is 0 Å². The fraction of sp³-hybridized carbons (Fsp3) is 0.133. The Hall–Kier alpha value is -1.48. The van der Waals surface area contributed by atoms with Gasteiger partial charge >= 0.3 is 6.18 Å². The summed E-state index contributed by atoms with van der Waals surface area (Å²) in [5.74, 6) is -0.588. The first kappa shape index (κ1) is 13.9. The van der Waals surface area contributed by atoms with Crippen molar-refractivity contribution in [1.82, 2.24) is 0 Å². The monoisotopic (exact) mass is 283 g/mol. The number of alkyl halides is 3. The molecule has 0 nitrogen and oxygen atoms in total. The number of hydrogen-bond donors (Lipinski definition) is 0. The number of hydrogen-bond acceptors (Lipinski definition) is 0. The van der Waals surface area contributed by atoms with Crippen molar-refractivity contribution >= 4 is 11.6 Å². The van der Waals surface area contributed by atoms with E-state index in [1.807, 2.05) is 0 Å². The average molecular weight is 284 g/mol. The Kier molecular flexibility index (Phi) is 3.85. The van der Waals surface area contributed by atoms with Crippen LogP contribution in [0.4, 0.5) is 13.2 Å². The van der Waals surface area contributed by atoms with Crippen LogP contribution in [0.3, 0.4) is 0 Å². The van der Waals surface area contributed by atoms with E-state index in [1.165, 1.54) is 12.1 Å². The molecule has 1 unspecified atom stereocenters. The predicted molar refractivity (Wildman–Crippen MR) is 70.1 cm³/mol. The predicted octanol–water partition coefficient (Wildman–Crippen LogP) is 5.32. The van der Waals surface area contributed by atoms with Gasteiger partial charge in [0.2, 0.25) is 0 Å². The molecule has 0 aromatic heterocycles. The van der Waals surface area contributed by atoms with Gasteiger partial charge in [-0.2, -0.15) is 13.2 Å². The van der Waals surface area contributed by atoms with Crippen molar-refractivity contribution in [1.29, 1.82) is 0 Å². The molecule has 0 spiro atoms. The van der Waals surface area contributed by atoms with Crippen molar-refractivity contribution in [3.8, 4) is 0 Å². The molecule has 0 aliphatic carbocycles. The molecular weight excluding hydrogens is 273 g/mol. The maximum atomic E-state index is 12.9. The molecule has 1 atom stereocenters. The molecule has 19 heavy (non-hydrogen) atoms. The lowest BCUT2D eigenvalue weighted by molar-refractivity contribution is -0.138. The van der Waals surface area contributed by atoms with Crippen LogP contribution in [0.15, 0.2) is 48.5 Å². The molecule has 99 valence electrons. The van der Waals surface area contributed by atoms with Gasteiger partial charge in [0.25, 0.3) is 0 Å². The topological polar surface area (TPSA) is 0 Å². The fourth-order valence-electron chi connectivity index (χ4n) is 1.93. The van der Waals surface area contributed by atoms with E-state index in [-0.39, 0.29) is 5.56 Å². The lowest BCUT2D eigenvalue weighted by atomic mass is 9.89. The van der Waals surface area contributed by atoms with Crippen LogP contribution in [0.2, 0.25) is 5.02 Å². The van der Waals surface area contributed by atoms with Gasteiger partial charge in [-0.05, 0) is 36.2 Å². The zero-order valence-electron chi connectivity index (χ0n) is 9.92. The van der Waals surface area contributed by atoms with Gasteiger partial charge in [0, 0.05) is 10.9 Å². The zero-order valence-corrected chi connectivity index (χ0v) is 10.7. The molecule has 0 amide bonds. The highest BCUT2D eigenvalue weighted by atomic mass is 35.5. The molecule has 0 saturated carbocycles. The Bertz CT molecular complexity index is 558. The third kappa shape index (κ3) is 3.10. The second-order valence-electron chi connectivity index (χ2n) is 4.19. The molecule has 0 fully saturated rings. The summed E-state index contributed by atoms with van der Waals surface area (Å²) in [6.07, 6.45) is -4.38. The van der Waals surface area contributed by atoms with Crippen LogP contribution >= 0.6 is 11.6 Å². The molecule has 2 aromatic carbocycles. The van der Waals surface area contributed by atoms with Gasteiger partial charge in [0.05, 0.1) is 5.56 Å². The summed E-state index contributed by atoms with van der Waals surface area (Å²) in [5.41, 5.74) is 0.211. The molecular formula is C15H11ClF3. The minimum atomic E-state index is -4.38. The Balaban J connectivity index is 2.44. The zero-order chi connectivity index (χ0) is 14.0. The fourth-order valence-corrected chi connectivity index (χ4v) is 2.06. The van der Waals surface area contributed by atoms with Gasteiger partial charge in [-0.15, -0.1) is 0 Å². The SMILES string of the molecule is [CH2]C(c1ccc(Cl)cc1)c1ccccc1C(F)(F)F. The first-order valence-electron chi connectivity index (χ1n) is 5.64. The highest BCUT2D eigenvalue weighted by Crippen LogP contribution is 2.37. The molecule has 0 aliphatic rings. The molecule has 1 radical (unpaired) electrons. The highest BCUT2D eigenvalue weighted by Gasteiger charge is 2.34. The van der Waals surface area contributed by atoms with E-state index in [4.69, 9.17) is 11.6 Å². The van der Waals surface area contributed by atoms with Gasteiger partial charge in [0.1, 0.15) is 0 Å². The van der Waals surface area contributed by atoms with Crippen molar-refractivity contribution in [2.24, 2.45) is 0 Å². The molecule has 2 aromatic rings. The van der Waals surface area contributed by atoms with Crippen LogP contribution in [0.5, 0.6) is 0 Å². The van der Waals surface area contributed by atoms with E-state index in [9.17, 15) is 13.2 Å². The second-order valence-corrected chi connectivity index (χ2v) is 4.63. The Labute approximate surface area is 114 Å². The van der Waals surface area contributed by atoms with Crippen LogP contribution < -0.4 is 0 Å². The summed E-state index contributed by atoms with van der Waals surface area (Å²) in [5, 5.41) is 0.542. The summed E-state index contributed by atoms with van der Waals surface area (Å²) in [4.78, 5) is 0. The number of halogens is 4. The first-order chi connectivity index (χ1) is 8.89. The molecule has 4 heteroatoms. The van der Waals surface area contributed by atoms with Gasteiger partial charge in [-0.3, -0.25) is 0 Å². The van der Waals surface area contributed by atoms with E-state index < -0.39 is 17.7 Å². The standard InChI is InChI=1S/C15H11ClF3/c1-10(11-6-8-12(16)9-7-11)13-4-2-3-5-14(13)15(17,18)19/h2-10H,1H2. The van der Waals surface area contributed by atoms with Crippen molar-refractivity contribution in [3.63, 3.8) is 0 Å². The maximum absolute atomic E-state index is 12.9. The van der Waals surface area contributed by atoms with Gasteiger partial charge in [0.15, 0.2) is 0 Å². The summed E-state index contributed by atoms with van der Waals surface area (Å²) < 4.78 is 38.8. The molecule has 0 heterocycles. The normalized spacial score (nSPS) is 13.3. The minimum Gasteiger partial charge on any atom is -0.166 e. The Morgan fingerprint density at radius 1 is 0.947 bits per heavy atom. The van der Waals surface area contributed by atoms with E-state index in [0.29, 0.717) is 10.6 Å². The van der Waals surface area contributed by atoms with E-state index in [2.05, 4.69) is 6.92 Å². The lowest BCUT2D eigenvalue weighted by Crippen LogP contribution is -2.11. The van der Waals surface area contributed by atoms with Crippen LogP contribution in [0.25, 0.3) is 0 Å². The summed E-state index contributed by atoms with van der Waals surface area (Å²) in [6, 6.07) is 12.1. The van der Waals surface area contributed by atoms with Crippen molar-refractivity contribution in [3.05, 3.63) is 77.2 Å². The summed E-state index contributed by atoms with van der Waals surface area (Å²) in [7, 11) is 0. The lowest BCUT2D eigenvalue weighted by Gasteiger charge is -2.18. The highest BCUT2D eigenvalue weighted by molar-refractivity contribution is 6.30. The summed E-state index contributed by atoms with van der Waals surface area (Å²) in [6.45, 7) is 3.84. The van der Waals surface area contributed by atoms with E-state index in [0.717, 1.165) is 6.07 Å². The van der Waals surface area contributed by atoms with Crippen molar-refractivity contribution < 1.29 is 13.2 Å². The number of benzene rings is 2. The minimum absolute atomic E-state index is 0.164. The van der Waals surface area contributed by atoms with Crippen LogP contribution in [0, 0.1) is 6.92 Å². The Morgan fingerprint density at radius 3 is 2.11 bits per heavy atom. The van der Waals surface area contributed by atoms with Gasteiger partial charge in [-0.25, -0.2) is 0 Å². The third-order valence-corrected chi connectivity index (χ3v) is 3.17. The molecule has 2 rings (SSSR count). The summed E-state index contributed by atoms with van der Waals surface area (Å²) >= 11 is 5.77. The van der Waals surface area contributed by atoms with Gasteiger partial charge < -0.3 is 0 Å². The quantitative estimate of drug-likeness (QED) is 0.699. The molecule has 0 aliphatic heterocycles. The van der Waals surface area contributed by atoms with E-state index in [1.54, 1.807) is 30.3 Å². The molecule has 0 saturated heterocycles. The Morgan fingerprint density at radius 2 is 1.53 bits per heavy atom. The van der Waals surface area contributed by atoms with Crippen LogP contribution in [0.1, 0.15) is 22.6 Å². The smallest absolute Gasteiger partial charge is 0.166 e. The molecule has 0 bridgehead atoms. The average Bonchev–Trinajstić information content (AvgIpc) is 2.38. The van der Waals surface area contributed by atoms with Crippen molar-refractivity contribution in [2.45, 2.75) is 12.1 Å².